The van der Waals surface area contributed by atoms with E-state index in [0.29, 0.717) is 31.1 Å². The number of nitrogens with zero attached hydrogens (tertiary/aromatic N) is 3. The van der Waals surface area contributed by atoms with Gasteiger partial charge in [0.1, 0.15) is 5.01 Å². The van der Waals surface area contributed by atoms with Crippen LogP contribution in [-0.2, 0) is 16.0 Å². The fraction of sp³-hybridized carbons (Fsp3) is 0.667. The Labute approximate surface area is 116 Å². The summed E-state index contributed by atoms with van der Waals surface area (Å²) in [5.41, 5.74) is 0. The van der Waals surface area contributed by atoms with Gasteiger partial charge in [0.15, 0.2) is 0 Å². The fourth-order valence-corrected chi connectivity index (χ4v) is 2.79. The third kappa shape index (κ3) is 3.50. The van der Waals surface area contributed by atoms with E-state index in [1.807, 2.05) is 6.92 Å². The number of carbonyl (C=O) groups excluding carboxylic acids is 2. The summed E-state index contributed by atoms with van der Waals surface area (Å²) in [6.07, 6.45) is 2.25. The Kier molecular flexibility index (Phi) is 4.47. The van der Waals surface area contributed by atoms with Crippen LogP contribution in [0.2, 0.25) is 0 Å². The van der Waals surface area contributed by atoms with Gasteiger partial charge >= 0.3 is 0 Å². The van der Waals surface area contributed by atoms with Gasteiger partial charge in [-0.3, -0.25) is 9.59 Å². The van der Waals surface area contributed by atoms with Crippen LogP contribution in [0.4, 0.5) is 5.13 Å². The van der Waals surface area contributed by atoms with E-state index in [1.165, 1.54) is 11.3 Å². The smallest absolute Gasteiger partial charge is 0.229 e. The maximum absolute atomic E-state index is 12.1. The molecule has 0 spiro atoms. The lowest BCUT2D eigenvalue weighted by Crippen LogP contribution is -2.40. The largest absolute Gasteiger partial charge is 0.343 e. The van der Waals surface area contributed by atoms with Gasteiger partial charge in [-0.1, -0.05) is 18.3 Å². The summed E-state index contributed by atoms with van der Waals surface area (Å²) in [5.74, 6) is 0.0298. The summed E-state index contributed by atoms with van der Waals surface area (Å²) in [6.45, 7) is 4.88. The Morgan fingerprint density at radius 3 is 2.58 bits per heavy atom. The Balaban J connectivity index is 1.86. The number of amides is 2. The summed E-state index contributed by atoms with van der Waals surface area (Å²) in [5, 5.41) is 12.2. The average molecular weight is 282 g/mol. The molecule has 2 amide bonds. The van der Waals surface area contributed by atoms with Crippen LogP contribution in [0.15, 0.2) is 0 Å². The molecule has 0 atom stereocenters. The van der Waals surface area contributed by atoms with E-state index in [9.17, 15) is 9.59 Å². The lowest BCUT2D eigenvalue weighted by Gasteiger charge is -2.30. The molecular formula is C12H18N4O2S. The monoisotopic (exact) mass is 282 g/mol. The van der Waals surface area contributed by atoms with Gasteiger partial charge in [0.05, 0.1) is 0 Å². The summed E-state index contributed by atoms with van der Waals surface area (Å²) < 4.78 is 0. The molecule has 2 rings (SSSR count). The van der Waals surface area contributed by atoms with Crippen LogP contribution >= 0.6 is 11.3 Å². The van der Waals surface area contributed by atoms with Crippen LogP contribution in [0.3, 0.4) is 0 Å². The number of carbonyl (C=O) groups is 2. The van der Waals surface area contributed by atoms with Crippen molar-refractivity contribution in [2.75, 3.05) is 18.4 Å². The number of aromatic nitrogens is 2. The van der Waals surface area contributed by atoms with E-state index in [1.54, 1.807) is 11.8 Å². The van der Waals surface area contributed by atoms with Crippen LogP contribution in [0, 0.1) is 5.92 Å². The Hall–Kier alpha value is -1.50. The van der Waals surface area contributed by atoms with Gasteiger partial charge in [-0.15, -0.1) is 10.2 Å². The average Bonchev–Trinajstić information content (AvgIpc) is 2.86. The first-order valence-electron chi connectivity index (χ1n) is 6.49. The van der Waals surface area contributed by atoms with Crippen LogP contribution < -0.4 is 5.32 Å². The molecule has 1 aliphatic rings. The third-order valence-electron chi connectivity index (χ3n) is 3.31. The van der Waals surface area contributed by atoms with E-state index >= 15 is 0 Å². The van der Waals surface area contributed by atoms with Crippen molar-refractivity contribution in [3.63, 3.8) is 0 Å². The van der Waals surface area contributed by atoms with Crippen molar-refractivity contribution in [1.82, 2.24) is 15.1 Å². The molecule has 1 aromatic rings. The second-order valence-electron chi connectivity index (χ2n) is 4.62. The van der Waals surface area contributed by atoms with Crippen molar-refractivity contribution >= 4 is 28.3 Å². The number of hydrogen-bond donors (Lipinski definition) is 1. The first kappa shape index (κ1) is 13.9. The summed E-state index contributed by atoms with van der Waals surface area (Å²) in [7, 11) is 0. The van der Waals surface area contributed by atoms with Crippen molar-refractivity contribution in [2.24, 2.45) is 5.92 Å². The highest BCUT2D eigenvalue weighted by atomic mass is 32.1. The topological polar surface area (TPSA) is 75.2 Å². The van der Waals surface area contributed by atoms with Gasteiger partial charge < -0.3 is 10.2 Å². The maximum Gasteiger partial charge on any atom is 0.229 e. The molecule has 2 heterocycles. The zero-order valence-corrected chi connectivity index (χ0v) is 12.0. The molecule has 0 radical (unpaired) electrons. The molecule has 1 fully saturated rings. The van der Waals surface area contributed by atoms with Crippen molar-refractivity contribution in [1.29, 1.82) is 0 Å². The maximum atomic E-state index is 12.1. The summed E-state index contributed by atoms with van der Waals surface area (Å²) >= 11 is 1.41. The molecular weight excluding hydrogens is 264 g/mol. The number of nitrogens with one attached hydrogen (secondary N) is 1. The normalized spacial score (nSPS) is 16.4. The zero-order chi connectivity index (χ0) is 13.8. The van der Waals surface area contributed by atoms with Crippen molar-refractivity contribution in [3.8, 4) is 0 Å². The molecule has 1 aromatic heterocycles. The summed E-state index contributed by atoms with van der Waals surface area (Å²) in [4.78, 5) is 25.1. The highest BCUT2D eigenvalue weighted by molar-refractivity contribution is 7.15. The van der Waals surface area contributed by atoms with Crippen molar-refractivity contribution in [2.45, 2.75) is 33.1 Å². The van der Waals surface area contributed by atoms with Gasteiger partial charge in [0.25, 0.3) is 0 Å². The second-order valence-corrected chi connectivity index (χ2v) is 5.69. The lowest BCUT2D eigenvalue weighted by atomic mass is 9.96. The van der Waals surface area contributed by atoms with E-state index < -0.39 is 0 Å². The van der Waals surface area contributed by atoms with Gasteiger partial charge in [-0.2, -0.15) is 0 Å². The molecule has 0 aromatic carbocycles. The predicted molar refractivity (Wildman–Crippen MR) is 72.9 cm³/mol. The number of anilines is 1. The third-order valence-corrected chi connectivity index (χ3v) is 4.29. The fourth-order valence-electron chi connectivity index (χ4n) is 2.11. The van der Waals surface area contributed by atoms with Gasteiger partial charge in [0, 0.05) is 25.9 Å². The predicted octanol–water partition coefficient (Wildman–Crippen LogP) is 1.30. The Morgan fingerprint density at radius 2 is 2.05 bits per heavy atom. The zero-order valence-electron chi connectivity index (χ0n) is 11.2. The van der Waals surface area contributed by atoms with Gasteiger partial charge in [0.2, 0.25) is 16.9 Å². The molecule has 1 aliphatic heterocycles. The molecule has 0 unspecified atom stereocenters. The summed E-state index contributed by atoms with van der Waals surface area (Å²) in [6, 6.07) is 0. The number of hydrogen-bond acceptors (Lipinski definition) is 5. The lowest BCUT2D eigenvalue weighted by molar-refractivity contribution is -0.132. The molecule has 0 bridgehead atoms. The molecule has 1 saturated heterocycles. The van der Waals surface area contributed by atoms with E-state index in [2.05, 4.69) is 15.5 Å². The minimum atomic E-state index is -0.0374. The van der Waals surface area contributed by atoms with E-state index in [0.717, 1.165) is 11.4 Å². The molecule has 19 heavy (non-hydrogen) atoms. The van der Waals surface area contributed by atoms with Gasteiger partial charge in [-0.25, -0.2) is 0 Å². The Bertz CT molecular complexity index is 466. The molecule has 1 N–H and O–H groups in total. The van der Waals surface area contributed by atoms with E-state index in [4.69, 9.17) is 0 Å². The Morgan fingerprint density at radius 1 is 1.37 bits per heavy atom. The molecule has 104 valence electrons. The van der Waals surface area contributed by atoms with Crippen molar-refractivity contribution in [3.05, 3.63) is 5.01 Å². The minimum absolute atomic E-state index is 0.0120. The molecule has 7 heteroatoms. The van der Waals surface area contributed by atoms with Crippen LogP contribution in [0.25, 0.3) is 0 Å². The first-order valence-corrected chi connectivity index (χ1v) is 7.30. The molecule has 0 saturated carbocycles. The first-order chi connectivity index (χ1) is 9.10. The molecule has 0 aliphatic carbocycles. The quantitative estimate of drug-likeness (QED) is 0.906. The number of likely N-dealkylation sites (tertiary alicyclic amines) is 1. The standard InChI is InChI=1S/C12H18N4O2S/c1-3-10-14-15-12(19-10)13-11(18)9-4-6-16(7-5-9)8(2)17/h9H,3-7H2,1-2H3,(H,13,15,18). The minimum Gasteiger partial charge on any atom is -0.343 e. The van der Waals surface area contributed by atoms with Crippen LogP contribution in [-0.4, -0.2) is 40.0 Å². The second kappa shape index (κ2) is 6.10. The highest BCUT2D eigenvalue weighted by Gasteiger charge is 2.26. The number of piperidine rings is 1. The SMILES string of the molecule is CCc1nnc(NC(=O)C2CCN(C(C)=O)CC2)s1. The number of rotatable bonds is 3. The van der Waals surface area contributed by atoms with E-state index in [-0.39, 0.29) is 17.7 Å². The highest BCUT2D eigenvalue weighted by Crippen LogP contribution is 2.21. The van der Waals surface area contributed by atoms with Crippen LogP contribution in [0.1, 0.15) is 31.7 Å². The van der Waals surface area contributed by atoms with Crippen molar-refractivity contribution < 1.29 is 9.59 Å². The van der Waals surface area contributed by atoms with Crippen LogP contribution in [0.5, 0.6) is 0 Å². The molecule has 6 nitrogen and oxygen atoms in total. The number of aryl methyl sites for hydroxylation is 1. The van der Waals surface area contributed by atoms with Gasteiger partial charge in [-0.05, 0) is 19.3 Å².